The van der Waals surface area contributed by atoms with Gasteiger partial charge in [0.25, 0.3) is 0 Å². The van der Waals surface area contributed by atoms with Crippen molar-refractivity contribution in [2.24, 2.45) is 4.99 Å². The maximum Gasteiger partial charge on any atom is 0.240 e. The molecule has 1 aliphatic heterocycles. The van der Waals surface area contributed by atoms with Crippen LogP contribution in [-0.4, -0.2) is 10.9 Å². The van der Waals surface area contributed by atoms with Crippen LogP contribution in [0.25, 0.3) is 10.9 Å². The van der Waals surface area contributed by atoms with Gasteiger partial charge in [0, 0.05) is 10.9 Å². The Hall–Kier alpha value is -2.68. The summed E-state index contributed by atoms with van der Waals surface area (Å²) in [4.78, 5) is 9.17. The molecule has 3 nitrogen and oxygen atoms in total. The second-order valence-corrected chi connectivity index (χ2v) is 4.72. The molecule has 3 aromatic rings. The molecule has 0 atom stereocenters. The first-order valence-electron chi connectivity index (χ1n) is 6.56. The van der Waals surface area contributed by atoms with Gasteiger partial charge in [0.2, 0.25) is 5.90 Å². The molecule has 1 aliphatic rings. The minimum atomic E-state index is 0.545. The quantitative estimate of drug-likeness (QED) is 0.666. The lowest BCUT2D eigenvalue weighted by Gasteiger charge is -2.16. The Balaban J connectivity index is 1.82. The molecular formula is C17H12N2O. The van der Waals surface area contributed by atoms with Crippen LogP contribution >= 0.6 is 0 Å². The summed E-state index contributed by atoms with van der Waals surface area (Å²) in [5.74, 6) is 0.592. The standard InChI is InChI=1S/C17H12N2O/c1-3-7-14-12(5-1)9-10-16(18-14)17-19-15-8-4-2-6-13(15)11-20-17/h1-10H,11H2. The number of fused-ring (bicyclic) bond motifs is 2. The second kappa shape index (κ2) is 4.46. The van der Waals surface area contributed by atoms with Gasteiger partial charge in [-0.2, -0.15) is 0 Å². The molecule has 0 aliphatic carbocycles. The van der Waals surface area contributed by atoms with E-state index in [-0.39, 0.29) is 0 Å². The molecule has 96 valence electrons. The molecule has 2 heterocycles. The Morgan fingerprint density at radius 3 is 2.70 bits per heavy atom. The topological polar surface area (TPSA) is 34.5 Å². The number of pyridine rings is 1. The van der Waals surface area contributed by atoms with Crippen LogP contribution in [0.3, 0.4) is 0 Å². The summed E-state index contributed by atoms with van der Waals surface area (Å²) < 4.78 is 5.73. The molecule has 0 N–H and O–H groups in total. The maximum absolute atomic E-state index is 5.73. The smallest absolute Gasteiger partial charge is 0.240 e. The summed E-state index contributed by atoms with van der Waals surface area (Å²) in [6.07, 6.45) is 0. The number of rotatable bonds is 1. The summed E-state index contributed by atoms with van der Waals surface area (Å²) in [7, 11) is 0. The summed E-state index contributed by atoms with van der Waals surface area (Å²) >= 11 is 0. The highest BCUT2D eigenvalue weighted by Crippen LogP contribution is 2.25. The lowest BCUT2D eigenvalue weighted by Crippen LogP contribution is -2.12. The van der Waals surface area contributed by atoms with Crippen LogP contribution in [0.5, 0.6) is 0 Å². The SMILES string of the molecule is c1ccc2c(c1)COC(c1ccc3ccccc3n1)=N2. The summed E-state index contributed by atoms with van der Waals surface area (Å²) in [5.41, 5.74) is 3.80. The molecule has 0 bridgehead atoms. The first-order valence-corrected chi connectivity index (χ1v) is 6.56. The highest BCUT2D eigenvalue weighted by Gasteiger charge is 2.15. The first-order chi connectivity index (χ1) is 9.90. The van der Waals surface area contributed by atoms with Crippen LogP contribution in [-0.2, 0) is 11.3 Å². The van der Waals surface area contributed by atoms with Crippen LogP contribution in [0.2, 0.25) is 0 Å². The van der Waals surface area contributed by atoms with E-state index in [4.69, 9.17) is 4.74 Å². The Bertz CT molecular complexity index is 824. The molecule has 0 amide bonds. The average Bonchev–Trinajstić information content (AvgIpc) is 2.54. The normalized spacial score (nSPS) is 13.5. The van der Waals surface area contributed by atoms with Gasteiger partial charge in [0.15, 0.2) is 0 Å². The third kappa shape index (κ3) is 1.84. The lowest BCUT2D eigenvalue weighted by molar-refractivity contribution is 0.287. The molecule has 20 heavy (non-hydrogen) atoms. The van der Waals surface area contributed by atoms with Gasteiger partial charge in [-0.25, -0.2) is 9.98 Å². The molecule has 0 fully saturated rings. The van der Waals surface area contributed by atoms with Gasteiger partial charge in [0.05, 0.1) is 11.2 Å². The van der Waals surface area contributed by atoms with Crippen molar-refractivity contribution >= 4 is 22.5 Å². The largest absolute Gasteiger partial charge is 0.471 e. The Labute approximate surface area is 116 Å². The minimum Gasteiger partial charge on any atom is -0.471 e. The Morgan fingerprint density at radius 1 is 0.850 bits per heavy atom. The monoisotopic (exact) mass is 260 g/mol. The summed E-state index contributed by atoms with van der Waals surface area (Å²) in [5, 5.41) is 1.12. The lowest BCUT2D eigenvalue weighted by atomic mass is 10.1. The molecule has 0 saturated carbocycles. The van der Waals surface area contributed by atoms with Crippen molar-refractivity contribution in [2.45, 2.75) is 6.61 Å². The fraction of sp³-hybridized carbons (Fsp3) is 0.0588. The van der Waals surface area contributed by atoms with Gasteiger partial charge >= 0.3 is 0 Å². The molecule has 3 heteroatoms. The molecule has 4 rings (SSSR count). The van der Waals surface area contributed by atoms with E-state index in [1.807, 2.05) is 60.7 Å². The molecule has 1 aromatic heterocycles. The van der Waals surface area contributed by atoms with Gasteiger partial charge in [-0.3, -0.25) is 0 Å². The van der Waals surface area contributed by atoms with Crippen LogP contribution in [0.15, 0.2) is 65.7 Å². The highest BCUT2D eigenvalue weighted by atomic mass is 16.5. The van der Waals surface area contributed by atoms with Crippen molar-refractivity contribution in [3.05, 3.63) is 71.9 Å². The van der Waals surface area contributed by atoms with Crippen molar-refractivity contribution in [1.29, 1.82) is 0 Å². The molecule has 0 spiro atoms. The van der Waals surface area contributed by atoms with Gasteiger partial charge in [-0.15, -0.1) is 0 Å². The third-order valence-corrected chi connectivity index (χ3v) is 3.40. The van der Waals surface area contributed by atoms with Crippen LogP contribution < -0.4 is 0 Å². The number of aliphatic imine (C=N–C) groups is 1. The van der Waals surface area contributed by atoms with Crippen molar-refractivity contribution in [3.63, 3.8) is 0 Å². The van der Waals surface area contributed by atoms with Crippen LogP contribution in [0.4, 0.5) is 5.69 Å². The van der Waals surface area contributed by atoms with E-state index in [1.165, 1.54) is 0 Å². The summed E-state index contributed by atoms with van der Waals surface area (Å²) in [6.45, 7) is 0.545. The molecule has 0 radical (unpaired) electrons. The average molecular weight is 260 g/mol. The Kier molecular flexibility index (Phi) is 2.49. The number of para-hydroxylation sites is 2. The van der Waals surface area contributed by atoms with E-state index in [1.54, 1.807) is 0 Å². The minimum absolute atomic E-state index is 0.545. The molecule has 0 saturated heterocycles. The van der Waals surface area contributed by atoms with Gasteiger partial charge < -0.3 is 4.74 Å². The first kappa shape index (κ1) is 11.2. The maximum atomic E-state index is 5.73. The predicted octanol–water partition coefficient (Wildman–Crippen LogP) is 3.84. The van der Waals surface area contributed by atoms with Gasteiger partial charge in [-0.1, -0.05) is 42.5 Å². The Morgan fingerprint density at radius 2 is 1.70 bits per heavy atom. The van der Waals surface area contributed by atoms with Crippen molar-refractivity contribution in [2.75, 3.05) is 0 Å². The van der Waals surface area contributed by atoms with E-state index in [2.05, 4.69) is 9.98 Å². The van der Waals surface area contributed by atoms with Crippen molar-refractivity contribution in [3.8, 4) is 0 Å². The number of benzene rings is 2. The zero-order chi connectivity index (χ0) is 13.4. The molecule has 0 unspecified atom stereocenters. The second-order valence-electron chi connectivity index (χ2n) is 4.72. The fourth-order valence-corrected chi connectivity index (χ4v) is 2.35. The van der Waals surface area contributed by atoms with Crippen molar-refractivity contribution in [1.82, 2.24) is 4.98 Å². The zero-order valence-electron chi connectivity index (χ0n) is 10.8. The van der Waals surface area contributed by atoms with Crippen molar-refractivity contribution < 1.29 is 4.74 Å². The van der Waals surface area contributed by atoms with Crippen LogP contribution in [0.1, 0.15) is 11.3 Å². The van der Waals surface area contributed by atoms with E-state index >= 15 is 0 Å². The number of ether oxygens (including phenoxy) is 1. The number of hydrogen-bond donors (Lipinski definition) is 0. The number of aromatic nitrogens is 1. The van der Waals surface area contributed by atoms with Gasteiger partial charge in [-0.05, 0) is 18.2 Å². The van der Waals surface area contributed by atoms with E-state index in [0.717, 1.165) is 27.8 Å². The number of nitrogens with zero attached hydrogens (tertiary/aromatic N) is 2. The molecular weight excluding hydrogens is 248 g/mol. The van der Waals surface area contributed by atoms with E-state index in [0.29, 0.717) is 12.5 Å². The zero-order valence-corrected chi connectivity index (χ0v) is 10.8. The summed E-state index contributed by atoms with van der Waals surface area (Å²) in [6, 6.07) is 20.0. The fourth-order valence-electron chi connectivity index (χ4n) is 2.35. The number of hydrogen-bond acceptors (Lipinski definition) is 3. The predicted molar refractivity (Wildman–Crippen MR) is 79.2 cm³/mol. The molecule has 2 aromatic carbocycles. The van der Waals surface area contributed by atoms with Crippen LogP contribution in [0, 0.1) is 0 Å². The van der Waals surface area contributed by atoms with E-state index in [9.17, 15) is 0 Å². The third-order valence-electron chi connectivity index (χ3n) is 3.40. The van der Waals surface area contributed by atoms with E-state index < -0.39 is 0 Å². The highest BCUT2D eigenvalue weighted by molar-refractivity contribution is 5.97. The van der Waals surface area contributed by atoms with Gasteiger partial charge in [0.1, 0.15) is 12.3 Å².